The van der Waals surface area contributed by atoms with Crippen molar-refractivity contribution in [2.24, 2.45) is 5.16 Å². The van der Waals surface area contributed by atoms with E-state index in [1.165, 1.54) is 5.56 Å². The molecule has 3 N–H and O–H groups in total. The number of benzene rings is 2. The van der Waals surface area contributed by atoms with Crippen LogP contribution in [0.1, 0.15) is 27.9 Å². The smallest absolute Gasteiger partial charge is 0.259 e. The topological polar surface area (TPSA) is 99.3 Å². The first-order valence-electron chi connectivity index (χ1n) is 8.84. The number of aromatic nitrogens is 2. The molecule has 1 atom stereocenters. The molecule has 3 aromatic rings. The first-order chi connectivity index (χ1) is 13.5. The van der Waals surface area contributed by atoms with Crippen LogP contribution in [0, 0.1) is 11.7 Å². The third kappa shape index (κ3) is 3.72. The molecule has 0 spiro atoms. The van der Waals surface area contributed by atoms with E-state index in [0.717, 1.165) is 11.3 Å². The Labute approximate surface area is 165 Å². The summed E-state index contributed by atoms with van der Waals surface area (Å²) >= 11 is 4.98. The van der Waals surface area contributed by atoms with Gasteiger partial charge in [-0.15, -0.1) is 0 Å². The van der Waals surface area contributed by atoms with E-state index in [2.05, 4.69) is 20.4 Å². The summed E-state index contributed by atoms with van der Waals surface area (Å²) < 4.78 is 0.218. The largest absolute Gasteiger partial charge is 0.390 e. The van der Waals surface area contributed by atoms with Crippen molar-refractivity contribution >= 4 is 34.7 Å². The van der Waals surface area contributed by atoms with Gasteiger partial charge in [-0.05, 0) is 42.9 Å². The highest BCUT2D eigenvalue weighted by atomic mass is 32.1. The number of rotatable bonds is 4. The number of hydrogen-bond donors (Lipinski definition) is 3. The van der Waals surface area contributed by atoms with Crippen LogP contribution in [0.2, 0.25) is 0 Å². The number of aromatic amines is 2. The minimum atomic E-state index is -0.286. The molecule has 1 aliphatic rings. The lowest BCUT2D eigenvalue weighted by atomic mass is 10.0. The predicted octanol–water partition coefficient (Wildman–Crippen LogP) is 2.82. The Bertz CT molecular complexity index is 1190. The molecule has 1 aromatic heterocycles. The number of nitrogens with zero attached hydrogens (tertiary/aromatic N) is 1. The van der Waals surface area contributed by atoms with E-state index in [9.17, 15) is 9.59 Å². The van der Waals surface area contributed by atoms with Crippen LogP contribution in [0.25, 0.3) is 10.9 Å². The van der Waals surface area contributed by atoms with E-state index in [-0.39, 0.29) is 22.3 Å². The SMILES string of the molecule is Cc1ccc(C2=NO[C@H](CNC(=O)c3ccc4c(=O)[nH]c(=S)[nH]c4c3)C2)cc1. The summed E-state index contributed by atoms with van der Waals surface area (Å²) in [4.78, 5) is 35.2. The van der Waals surface area contributed by atoms with Crippen LogP contribution < -0.4 is 10.9 Å². The Morgan fingerprint density at radius 2 is 2.04 bits per heavy atom. The van der Waals surface area contributed by atoms with Crippen LogP contribution in [0.3, 0.4) is 0 Å². The fourth-order valence-corrected chi connectivity index (χ4v) is 3.28. The molecule has 142 valence electrons. The predicted molar refractivity (Wildman–Crippen MR) is 109 cm³/mol. The highest BCUT2D eigenvalue weighted by molar-refractivity contribution is 7.71. The number of carbonyl (C=O) groups excluding carboxylic acids is 1. The molecule has 0 bridgehead atoms. The van der Waals surface area contributed by atoms with Crippen molar-refractivity contribution in [2.75, 3.05) is 6.54 Å². The molecule has 0 saturated carbocycles. The Hall–Kier alpha value is -3.26. The number of carbonyl (C=O) groups is 1. The maximum Gasteiger partial charge on any atom is 0.259 e. The van der Waals surface area contributed by atoms with Gasteiger partial charge in [0.15, 0.2) is 4.77 Å². The van der Waals surface area contributed by atoms with Gasteiger partial charge in [-0.2, -0.15) is 0 Å². The first-order valence-corrected chi connectivity index (χ1v) is 9.25. The molecule has 0 unspecified atom stereocenters. The molecular weight excluding hydrogens is 376 g/mol. The van der Waals surface area contributed by atoms with E-state index >= 15 is 0 Å². The molecule has 7 nitrogen and oxygen atoms in total. The number of fused-ring (bicyclic) bond motifs is 1. The zero-order chi connectivity index (χ0) is 19.7. The third-order valence-electron chi connectivity index (χ3n) is 4.61. The second-order valence-corrected chi connectivity index (χ2v) is 7.12. The number of aryl methyl sites for hydroxylation is 1. The number of amides is 1. The molecule has 1 aliphatic heterocycles. The maximum absolute atomic E-state index is 12.5. The first kappa shape index (κ1) is 18.1. The molecule has 0 radical (unpaired) electrons. The van der Waals surface area contributed by atoms with Gasteiger partial charge in [0, 0.05) is 12.0 Å². The van der Waals surface area contributed by atoms with Crippen LogP contribution in [0.5, 0.6) is 0 Å². The zero-order valence-electron chi connectivity index (χ0n) is 15.1. The van der Waals surface area contributed by atoms with Gasteiger partial charge in [-0.25, -0.2) is 0 Å². The lowest BCUT2D eigenvalue weighted by Gasteiger charge is -2.10. The van der Waals surface area contributed by atoms with Crippen molar-refractivity contribution in [1.29, 1.82) is 0 Å². The van der Waals surface area contributed by atoms with E-state index in [0.29, 0.717) is 29.4 Å². The summed E-state index contributed by atoms with van der Waals surface area (Å²) in [6, 6.07) is 12.9. The molecular formula is C20H18N4O3S. The van der Waals surface area contributed by atoms with Crippen LogP contribution in [-0.2, 0) is 4.84 Å². The Kier molecular flexibility index (Phi) is 4.79. The van der Waals surface area contributed by atoms with Crippen molar-refractivity contribution < 1.29 is 9.63 Å². The van der Waals surface area contributed by atoms with E-state index < -0.39 is 0 Å². The summed E-state index contributed by atoms with van der Waals surface area (Å²) in [7, 11) is 0. The van der Waals surface area contributed by atoms with Gasteiger partial charge in [0.25, 0.3) is 11.5 Å². The fraction of sp³-hybridized carbons (Fsp3) is 0.200. The van der Waals surface area contributed by atoms with Crippen molar-refractivity contribution in [1.82, 2.24) is 15.3 Å². The zero-order valence-corrected chi connectivity index (χ0v) is 15.9. The van der Waals surface area contributed by atoms with E-state index in [1.807, 2.05) is 31.2 Å². The molecule has 8 heteroatoms. The lowest BCUT2D eigenvalue weighted by Crippen LogP contribution is -2.32. The Morgan fingerprint density at radius 1 is 1.25 bits per heavy atom. The monoisotopic (exact) mass is 394 g/mol. The van der Waals surface area contributed by atoms with Crippen LogP contribution in [0.4, 0.5) is 0 Å². The van der Waals surface area contributed by atoms with E-state index in [1.54, 1.807) is 18.2 Å². The number of nitrogens with one attached hydrogen (secondary N) is 3. The van der Waals surface area contributed by atoms with Crippen molar-refractivity contribution in [2.45, 2.75) is 19.4 Å². The van der Waals surface area contributed by atoms with Gasteiger partial charge >= 0.3 is 0 Å². The molecule has 0 fully saturated rings. The van der Waals surface area contributed by atoms with Gasteiger partial charge in [0.05, 0.1) is 23.2 Å². The van der Waals surface area contributed by atoms with Crippen molar-refractivity contribution in [3.63, 3.8) is 0 Å². The Balaban J connectivity index is 1.40. The minimum absolute atomic E-state index is 0.214. The average molecular weight is 394 g/mol. The molecule has 0 aliphatic carbocycles. The molecule has 1 amide bonds. The molecule has 2 aromatic carbocycles. The van der Waals surface area contributed by atoms with Crippen molar-refractivity contribution in [3.05, 3.63) is 74.3 Å². The van der Waals surface area contributed by atoms with Gasteiger partial charge in [0.2, 0.25) is 0 Å². The normalized spacial score (nSPS) is 15.9. The lowest BCUT2D eigenvalue weighted by molar-refractivity contribution is 0.0754. The number of oxime groups is 1. The fourth-order valence-electron chi connectivity index (χ4n) is 3.07. The summed E-state index contributed by atoms with van der Waals surface area (Å²) in [6.45, 7) is 2.37. The molecule has 0 saturated heterocycles. The highest BCUT2D eigenvalue weighted by Gasteiger charge is 2.23. The van der Waals surface area contributed by atoms with Gasteiger partial charge in [0.1, 0.15) is 6.10 Å². The third-order valence-corrected chi connectivity index (χ3v) is 4.81. The van der Waals surface area contributed by atoms with Gasteiger partial charge in [-0.1, -0.05) is 35.0 Å². The second-order valence-electron chi connectivity index (χ2n) is 6.71. The van der Waals surface area contributed by atoms with E-state index in [4.69, 9.17) is 17.1 Å². The van der Waals surface area contributed by atoms with Crippen molar-refractivity contribution in [3.8, 4) is 0 Å². The second kappa shape index (κ2) is 7.40. The summed E-state index contributed by atoms with van der Waals surface area (Å²) in [5, 5.41) is 7.44. The molecule has 4 rings (SSSR count). The van der Waals surface area contributed by atoms with Crippen LogP contribution in [-0.4, -0.2) is 34.2 Å². The minimum Gasteiger partial charge on any atom is -0.390 e. The summed E-state index contributed by atoms with van der Waals surface area (Å²) in [5.74, 6) is -0.256. The number of hydrogen-bond acceptors (Lipinski definition) is 5. The van der Waals surface area contributed by atoms with Crippen LogP contribution in [0.15, 0.2) is 52.4 Å². The van der Waals surface area contributed by atoms with Gasteiger partial charge in [-0.3, -0.25) is 14.6 Å². The summed E-state index contributed by atoms with van der Waals surface area (Å²) in [5.41, 5.74) is 3.74. The standard InChI is InChI=1S/C20H18N4O3S/c1-11-2-4-12(5-3-11)16-9-14(27-24-16)10-21-18(25)13-6-7-15-17(8-13)22-20(28)23-19(15)26/h2-8,14H,9-10H2,1H3,(H,21,25)(H2,22,23,26,28)/t14-/m0/s1. The molecule has 2 heterocycles. The van der Waals surface area contributed by atoms with Crippen LogP contribution >= 0.6 is 12.2 Å². The molecule has 28 heavy (non-hydrogen) atoms. The maximum atomic E-state index is 12.5. The average Bonchev–Trinajstić information content (AvgIpc) is 3.15. The number of H-pyrrole nitrogens is 2. The Morgan fingerprint density at radius 3 is 2.82 bits per heavy atom. The summed E-state index contributed by atoms with van der Waals surface area (Å²) in [6.07, 6.45) is 0.415. The highest BCUT2D eigenvalue weighted by Crippen LogP contribution is 2.17. The van der Waals surface area contributed by atoms with Gasteiger partial charge < -0.3 is 15.1 Å². The quantitative estimate of drug-likeness (QED) is 0.593.